The number of carbonyl (C=O) groups is 1. The van der Waals surface area contributed by atoms with E-state index < -0.39 is 0 Å². The third kappa shape index (κ3) is 3.44. The predicted octanol–water partition coefficient (Wildman–Crippen LogP) is 0.816. The van der Waals surface area contributed by atoms with Gasteiger partial charge in [0.25, 0.3) is 0 Å². The van der Waals surface area contributed by atoms with Crippen LogP contribution in [0.15, 0.2) is 10.6 Å². The van der Waals surface area contributed by atoms with Gasteiger partial charge in [0.1, 0.15) is 5.76 Å². The summed E-state index contributed by atoms with van der Waals surface area (Å²) in [6.45, 7) is 5.40. The van der Waals surface area contributed by atoms with Crippen LogP contribution in [0.2, 0.25) is 0 Å². The minimum absolute atomic E-state index is 0.0177. The summed E-state index contributed by atoms with van der Waals surface area (Å²) < 4.78 is 5.39. The number of likely N-dealkylation sites (tertiary alicyclic amines) is 1. The fourth-order valence-corrected chi connectivity index (χ4v) is 3.41. The van der Waals surface area contributed by atoms with E-state index in [9.17, 15) is 4.79 Å². The Kier molecular flexibility index (Phi) is 4.55. The second kappa shape index (κ2) is 6.58. The van der Waals surface area contributed by atoms with E-state index in [-0.39, 0.29) is 11.9 Å². The number of hydrogen-bond donors (Lipinski definition) is 2. The zero-order valence-corrected chi connectivity index (χ0v) is 12.6. The standard InChI is InChI=1S/C15H24N4O2/c1-11-9-17-14(21-11)10-18-15(20)13-3-2-8-19(13)12-4-6-16-7-5-12/h9,12-13,16H,2-8,10H2,1H3,(H,18,20). The first kappa shape index (κ1) is 14.5. The summed E-state index contributed by atoms with van der Waals surface area (Å²) in [7, 11) is 0. The van der Waals surface area contributed by atoms with E-state index >= 15 is 0 Å². The van der Waals surface area contributed by atoms with Crippen molar-refractivity contribution in [1.29, 1.82) is 0 Å². The smallest absolute Gasteiger partial charge is 0.237 e. The molecule has 2 N–H and O–H groups in total. The lowest BCUT2D eigenvalue weighted by Gasteiger charge is -2.35. The highest BCUT2D eigenvalue weighted by molar-refractivity contribution is 5.82. The summed E-state index contributed by atoms with van der Waals surface area (Å²) in [5.74, 6) is 1.46. The van der Waals surface area contributed by atoms with Gasteiger partial charge in [0, 0.05) is 6.04 Å². The van der Waals surface area contributed by atoms with Crippen LogP contribution in [0.1, 0.15) is 37.3 Å². The number of carbonyl (C=O) groups excluding carboxylic acids is 1. The minimum atomic E-state index is 0.0177. The first-order valence-electron chi connectivity index (χ1n) is 7.89. The van der Waals surface area contributed by atoms with Gasteiger partial charge in [0.05, 0.1) is 18.8 Å². The molecule has 116 valence electrons. The van der Waals surface area contributed by atoms with Crippen molar-refractivity contribution in [3.8, 4) is 0 Å². The highest BCUT2D eigenvalue weighted by Crippen LogP contribution is 2.24. The third-order valence-corrected chi connectivity index (χ3v) is 4.46. The molecule has 3 heterocycles. The minimum Gasteiger partial charge on any atom is -0.444 e. The van der Waals surface area contributed by atoms with E-state index in [0.29, 0.717) is 18.5 Å². The molecule has 0 aromatic carbocycles. The lowest BCUT2D eigenvalue weighted by atomic mass is 10.0. The molecule has 21 heavy (non-hydrogen) atoms. The molecule has 0 aliphatic carbocycles. The summed E-state index contributed by atoms with van der Waals surface area (Å²) in [6.07, 6.45) is 6.03. The van der Waals surface area contributed by atoms with Crippen molar-refractivity contribution in [1.82, 2.24) is 20.5 Å². The van der Waals surface area contributed by atoms with Gasteiger partial charge in [-0.2, -0.15) is 0 Å². The van der Waals surface area contributed by atoms with Crippen LogP contribution in [0.5, 0.6) is 0 Å². The zero-order valence-electron chi connectivity index (χ0n) is 12.6. The lowest BCUT2D eigenvalue weighted by Crippen LogP contribution is -2.50. The van der Waals surface area contributed by atoms with E-state index in [0.717, 1.165) is 51.1 Å². The number of amides is 1. The fourth-order valence-electron chi connectivity index (χ4n) is 3.41. The number of nitrogens with one attached hydrogen (secondary N) is 2. The van der Waals surface area contributed by atoms with Gasteiger partial charge < -0.3 is 15.1 Å². The Morgan fingerprint density at radius 1 is 1.48 bits per heavy atom. The maximum atomic E-state index is 12.4. The molecule has 1 aromatic heterocycles. The van der Waals surface area contributed by atoms with E-state index in [1.165, 1.54) is 0 Å². The highest BCUT2D eigenvalue weighted by Gasteiger charge is 2.35. The molecule has 0 spiro atoms. The average molecular weight is 292 g/mol. The molecule has 6 nitrogen and oxygen atoms in total. The summed E-state index contributed by atoms with van der Waals surface area (Å²) in [6, 6.07) is 0.567. The van der Waals surface area contributed by atoms with Crippen LogP contribution >= 0.6 is 0 Å². The van der Waals surface area contributed by atoms with Crippen LogP contribution in [-0.2, 0) is 11.3 Å². The molecule has 1 atom stereocenters. The van der Waals surface area contributed by atoms with Crippen molar-refractivity contribution in [2.45, 2.75) is 51.2 Å². The van der Waals surface area contributed by atoms with Crippen molar-refractivity contribution >= 4 is 5.91 Å². The van der Waals surface area contributed by atoms with Gasteiger partial charge in [0.15, 0.2) is 0 Å². The first-order chi connectivity index (χ1) is 10.2. The summed E-state index contributed by atoms with van der Waals surface area (Å²) in [5, 5.41) is 6.35. The summed E-state index contributed by atoms with van der Waals surface area (Å²) in [4.78, 5) is 19.0. The van der Waals surface area contributed by atoms with Crippen molar-refractivity contribution in [2.75, 3.05) is 19.6 Å². The van der Waals surface area contributed by atoms with Crippen LogP contribution in [-0.4, -0.2) is 47.5 Å². The van der Waals surface area contributed by atoms with Crippen molar-refractivity contribution in [3.63, 3.8) is 0 Å². The molecule has 3 rings (SSSR count). The highest BCUT2D eigenvalue weighted by atomic mass is 16.4. The molecule has 0 bridgehead atoms. The predicted molar refractivity (Wildman–Crippen MR) is 78.7 cm³/mol. The third-order valence-electron chi connectivity index (χ3n) is 4.46. The largest absolute Gasteiger partial charge is 0.444 e. The van der Waals surface area contributed by atoms with Crippen LogP contribution in [0.4, 0.5) is 0 Å². The number of hydrogen-bond acceptors (Lipinski definition) is 5. The Hall–Kier alpha value is -1.40. The van der Waals surface area contributed by atoms with E-state index in [2.05, 4.69) is 20.5 Å². The normalized spacial score (nSPS) is 24.3. The summed E-state index contributed by atoms with van der Waals surface area (Å²) in [5.41, 5.74) is 0. The monoisotopic (exact) mass is 292 g/mol. The van der Waals surface area contributed by atoms with E-state index in [1.54, 1.807) is 6.20 Å². The SMILES string of the molecule is Cc1cnc(CNC(=O)C2CCCN2C2CCNCC2)o1. The molecule has 2 saturated heterocycles. The van der Waals surface area contributed by atoms with Crippen LogP contribution in [0, 0.1) is 6.92 Å². The van der Waals surface area contributed by atoms with E-state index in [1.807, 2.05) is 6.92 Å². The number of rotatable bonds is 4. The zero-order chi connectivity index (χ0) is 14.7. The maximum absolute atomic E-state index is 12.4. The number of oxazole rings is 1. The molecule has 6 heteroatoms. The topological polar surface area (TPSA) is 70.4 Å². The molecular formula is C15H24N4O2. The van der Waals surface area contributed by atoms with E-state index in [4.69, 9.17) is 4.42 Å². The quantitative estimate of drug-likeness (QED) is 0.859. The fraction of sp³-hybridized carbons (Fsp3) is 0.733. The average Bonchev–Trinajstić information content (AvgIpc) is 3.14. The Morgan fingerprint density at radius 2 is 2.29 bits per heavy atom. The molecule has 1 aromatic rings. The number of aromatic nitrogens is 1. The Labute approximate surface area is 125 Å². The van der Waals surface area contributed by atoms with Gasteiger partial charge in [-0.25, -0.2) is 4.98 Å². The van der Waals surface area contributed by atoms with Crippen molar-refractivity contribution in [3.05, 3.63) is 17.8 Å². The first-order valence-corrected chi connectivity index (χ1v) is 7.89. The number of aryl methyl sites for hydroxylation is 1. The molecule has 2 fully saturated rings. The maximum Gasteiger partial charge on any atom is 0.237 e. The number of nitrogens with zero attached hydrogens (tertiary/aromatic N) is 2. The van der Waals surface area contributed by atoms with Crippen LogP contribution in [0.25, 0.3) is 0 Å². The van der Waals surface area contributed by atoms with Crippen LogP contribution < -0.4 is 10.6 Å². The second-order valence-corrected chi connectivity index (χ2v) is 5.96. The molecule has 0 radical (unpaired) electrons. The van der Waals surface area contributed by atoms with Gasteiger partial charge in [0.2, 0.25) is 11.8 Å². The van der Waals surface area contributed by atoms with Crippen molar-refractivity contribution < 1.29 is 9.21 Å². The Bertz CT molecular complexity index is 482. The van der Waals surface area contributed by atoms with Gasteiger partial charge in [-0.05, 0) is 52.2 Å². The Balaban J connectivity index is 1.55. The molecule has 2 aliphatic heterocycles. The lowest BCUT2D eigenvalue weighted by molar-refractivity contribution is -0.126. The van der Waals surface area contributed by atoms with Gasteiger partial charge in [-0.3, -0.25) is 9.69 Å². The molecule has 1 unspecified atom stereocenters. The van der Waals surface area contributed by atoms with Crippen LogP contribution in [0.3, 0.4) is 0 Å². The molecule has 0 saturated carbocycles. The number of piperidine rings is 1. The molecular weight excluding hydrogens is 268 g/mol. The van der Waals surface area contributed by atoms with Gasteiger partial charge in [-0.15, -0.1) is 0 Å². The van der Waals surface area contributed by atoms with Gasteiger partial charge >= 0.3 is 0 Å². The van der Waals surface area contributed by atoms with Crippen molar-refractivity contribution in [2.24, 2.45) is 0 Å². The Morgan fingerprint density at radius 3 is 3.00 bits per heavy atom. The second-order valence-electron chi connectivity index (χ2n) is 5.96. The molecule has 1 amide bonds. The molecule has 2 aliphatic rings. The van der Waals surface area contributed by atoms with Gasteiger partial charge in [-0.1, -0.05) is 0 Å². The summed E-state index contributed by atoms with van der Waals surface area (Å²) >= 11 is 0.